The van der Waals surface area contributed by atoms with E-state index in [0.29, 0.717) is 17.9 Å². The van der Waals surface area contributed by atoms with Gasteiger partial charge in [-0.25, -0.2) is 0 Å². The van der Waals surface area contributed by atoms with Gasteiger partial charge in [0.1, 0.15) is 0 Å². The van der Waals surface area contributed by atoms with Crippen LogP contribution in [0.15, 0.2) is 42.6 Å². The lowest BCUT2D eigenvalue weighted by Gasteiger charge is -2.08. The zero-order valence-electron chi connectivity index (χ0n) is 10.2. The van der Waals surface area contributed by atoms with Gasteiger partial charge in [-0.2, -0.15) is 0 Å². The summed E-state index contributed by atoms with van der Waals surface area (Å²) in [6, 6.07) is 10.1. The van der Waals surface area contributed by atoms with E-state index in [0.717, 1.165) is 12.1 Å². The van der Waals surface area contributed by atoms with Crippen molar-refractivity contribution in [2.75, 3.05) is 17.6 Å². The average molecular weight is 258 g/mol. The Balaban J connectivity index is 1.95. The molecule has 0 radical (unpaired) electrons. The second-order valence-electron chi connectivity index (χ2n) is 4.03. The Bertz CT molecular complexity index is 572. The van der Waals surface area contributed by atoms with Crippen molar-refractivity contribution in [2.45, 2.75) is 6.42 Å². The smallest absolute Gasteiger partial charge is 0.271 e. The van der Waals surface area contributed by atoms with Gasteiger partial charge < -0.3 is 11.1 Å². The molecule has 2 aromatic rings. The molecular weight excluding hydrogens is 244 g/mol. The van der Waals surface area contributed by atoms with Crippen LogP contribution >= 0.6 is 0 Å². The monoisotopic (exact) mass is 258 g/mol. The van der Waals surface area contributed by atoms with Crippen LogP contribution in [0.4, 0.5) is 17.1 Å². The predicted octanol–water partition coefficient (Wildman–Crippen LogP) is 2.23. The third-order valence-electron chi connectivity index (χ3n) is 2.67. The first-order valence-corrected chi connectivity index (χ1v) is 5.84. The van der Waals surface area contributed by atoms with Crippen molar-refractivity contribution in [3.8, 4) is 0 Å². The van der Waals surface area contributed by atoms with Crippen molar-refractivity contribution in [2.24, 2.45) is 0 Å². The van der Waals surface area contributed by atoms with E-state index in [1.54, 1.807) is 12.3 Å². The maximum atomic E-state index is 10.6. The number of aromatic nitrogens is 1. The van der Waals surface area contributed by atoms with Gasteiger partial charge in [-0.15, -0.1) is 0 Å². The van der Waals surface area contributed by atoms with Crippen LogP contribution in [0, 0.1) is 10.1 Å². The molecule has 0 unspecified atom stereocenters. The summed E-state index contributed by atoms with van der Waals surface area (Å²) >= 11 is 0. The molecule has 0 fully saturated rings. The lowest BCUT2D eigenvalue weighted by Crippen LogP contribution is -2.07. The maximum Gasteiger partial charge on any atom is 0.271 e. The highest BCUT2D eigenvalue weighted by molar-refractivity contribution is 5.69. The fourth-order valence-electron chi connectivity index (χ4n) is 1.70. The first kappa shape index (κ1) is 12.8. The van der Waals surface area contributed by atoms with E-state index in [1.165, 1.54) is 12.1 Å². The fourth-order valence-corrected chi connectivity index (χ4v) is 1.70. The molecule has 0 aliphatic rings. The number of nitrogens with one attached hydrogen (secondary N) is 1. The van der Waals surface area contributed by atoms with Crippen molar-refractivity contribution >= 4 is 17.1 Å². The topological polar surface area (TPSA) is 94.1 Å². The van der Waals surface area contributed by atoms with Crippen LogP contribution in [0.1, 0.15) is 5.69 Å². The quantitative estimate of drug-likeness (QED) is 0.487. The molecule has 1 heterocycles. The van der Waals surface area contributed by atoms with Gasteiger partial charge in [0.05, 0.1) is 16.3 Å². The van der Waals surface area contributed by atoms with Crippen LogP contribution in [0.25, 0.3) is 0 Å². The van der Waals surface area contributed by atoms with Crippen molar-refractivity contribution in [3.63, 3.8) is 0 Å². The largest absolute Gasteiger partial charge is 0.397 e. The summed E-state index contributed by atoms with van der Waals surface area (Å²) in [6.45, 7) is 0.666. The van der Waals surface area contributed by atoms with Gasteiger partial charge in [0.2, 0.25) is 0 Å². The molecule has 2 rings (SSSR count). The highest BCUT2D eigenvalue weighted by atomic mass is 16.6. The van der Waals surface area contributed by atoms with Gasteiger partial charge in [-0.05, 0) is 18.2 Å². The zero-order chi connectivity index (χ0) is 13.7. The maximum absolute atomic E-state index is 10.6. The average Bonchev–Trinajstić information content (AvgIpc) is 2.41. The Morgan fingerprint density at radius 2 is 2.16 bits per heavy atom. The second-order valence-corrected chi connectivity index (χ2v) is 4.03. The number of nitro groups is 1. The summed E-state index contributed by atoms with van der Waals surface area (Å²) in [5.74, 6) is 0. The van der Waals surface area contributed by atoms with Crippen molar-refractivity contribution in [1.29, 1.82) is 0 Å². The van der Waals surface area contributed by atoms with Gasteiger partial charge in [0.15, 0.2) is 0 Å². The van der Waals surface area contributed by atoms with Crippen LogP contribution in [-0.2, 0) is 6.42 Å². The molecule has 0 bridgehead atoms. The number of hydrogen-bond donors (Lipinski definition) is 2. The molecule has 0 spiro atoms. The number of benzene rings is 1. The molecule has 1 aromatic carbocycles. The van der Waals surface area contributed by atoms with E-state index in [2.05, 4.69) is 10.3 Å². The van der Waals surface area contributed by atoms with Crippen molar-refractivity contribution in [3.05, 3.63) is 58.4 Å². The van der Waals surface area contributed by atoms with Gasteiger partial charge in [0, 0.05) is 37.0 Å². The van der Waals surface area contributed by atoms with E-state index in [1.807, 2.05) is 18.2 Å². The summed E-state index contributed by atoms with van der Waals surface area (Å²) in [6.07, 6.45) is 2.51. The third-order valence-corrected chi connectivity index (χ3v) is 2.67. The molecular formula is C13H14N4O2. The molecule has 6 nitrogen and oxygen atoms in total. The van der Waals surface area contributed by atoms with Crippen LogP contribution < -0.4 is 11.1 Å². The Morgan fingerprint density at radius 1 is 1.32 bits per heavy atom. The Labute approximate surface area is 110 Å². The fraction of sp³-hybridized carbons (Fsp3) is 0.154. The molecule has 3 N–H and O–H groups in total. The van der Waals surface area contributed by atoms with Gasteiger partial charge in [0.25, 0.3) is 5.69 Å². The van der Waals surface area contributed by atoms with Gasteiger partial charge in [-0.1, -0.05) is 6.07 Å². The molecule has 0 aliphatic carbocycles. The molecule has 1 aromatic heterocycles. The summed E-state index contributed by atoms with van der Waals surface area (Å²) in [7, 11) is 0. The first-order chi connectivity index (χ1) is 9.16. The van der Waals surface area contributed by atoms with Gasteiger partial charge >= 0.3 is 0 Å². The van der Waals surface area contributed by atoms with E-state index in [-0.39, 0.29) is 5.69 Å². The Hall–Kier alpha value is -2.63. The number of rotatable bonds is 5. The molecule has 0 saturated heterocycles. The number of nitrogens with zero attached hydrogens (tertiary/aromatic N) is 2. The SMILES string of the molecule is Nc1cc([N+](=O)[O-])ccc1NCCc1ccccn1. The van der Waals surface area contributed by atoms with E-state index in [9.17, 15) is 10.1 Å². The minimum absolute atomic E-state index is 0.00669. The number of nitrogens with two attached hydrogens (primary N) is 1. The Morgan fingerprint density at radius 3 is 2.79 bits per heavy atom. The Kier molecular flexibility index (Phi) is 3.92. The predicted molar refractivity (Wildman–Crippen MR) is 73.9 cm³/mol. The normalized spacial score (nSPS) is 10.1. The number of pyridine rings is 1. The zero-order valence-corrected chi connectivity index (χ0v) is 10.2. The van der Waals surface area contributed by atoms with E-state index in [4.69, 9.17) is 5.73 Å². The minimum atomic E-state index is -0.464. The number of non-ortho nitro benzene ring substituents is 1. The molecule has 6 heteroatoms. The van der Waals surface area contributed by atoms with Gasteiger partial charge in [-0.3, -0.25) is 15.1 Å². The number of anilines is 2. The minimum Gasteiger partial charge on any atom is -0.397 e. The third kappa shape index (κ3) is 3.41. The van der Waals surface area contributed by atoms with E-state index < -0.39 is 4.92 Å². The summed E-state index contributed by atoms with van der Waals surface area (Å²) < 4.78 is 0. The number of nitro benzene ring substituents is 1. The molecule has 19 heavy (non-hydrogen) atoms. The lowest BCUT2D eigenvalue weighted by molar-refractivity contribution is -0.384. The first-order valence-electron chi connectivity index (χ1n) is 5.84. The lowest BCUT2D eigenvalue weighted by atomic mass is 10.2. The van der Waals surface area contributed by atoms with Crippen LogP contribution in [0.2, 0.25) is 0 Å². The highest BCUT2D eigenvalue weighted by Gasteiger charge is 2.08. The summed E-state index contributed by atoms with van der Waals surface area (Å²) in [4.78, 5) is 14.3. The molecule has 0 saturated carbocycles. The molecule has 0 atom stereocenters. The number of nitrogen functional groups attached to an aromatic ring is 1. The standard InChI is InChI=1S/C13H14N4O2/c14-12-9-11(17(18)19)4-5-13(12)16-8-6-10-3-1-2-7-15-10/h1-5,7,9,16H,6,8,14H2. The second kappa shape index (κ2) is 5.81. The molecule has 0 aliphatic heterocycles. The van der Waals surface area contributed by atoms with Crippen LogP contribution in [-0.4, -0.2) is 16.5 Å². The summed E-state index contributed by atoms with van der Waals surface area (Å²) in [5, 5.41) is 13.7. The number of hydrogen-bond acceptors (Lipinski definition) is 5. The van der Waals surface area contributed by atoms with Crippen LogP contribution in [0.3, 0.4) is 0 Å². The molecule has 98 valence electrons. The van der Waals surface area contributed by atoms with Crippen molar-refractivity contribution in [1.82, 2.24) is 4.98 Å². The molecule has 0 amide bonds. The summed E-state index contributed by atoms with van der Waals surface area (Å²) in [5.41, 5.74) is 7.80. The van der Waals surface area contributed by atoms with E-state index >= 15 is 0 Å². The van der Waals surface area contributed by atoms with Crippen molar-refractivity contribution < 1.29 is 4.92 Å². The van der Waals surface area contributed by atoms with Crippen LogP contribution in [0.5, 0.6) is 0 Å². The highest BCUT2D eigenvalue weighted by Crippen LogP contribution is 2.23.